The molecule has 0 aromatic rings. The van der Waals surface area contributed by atoms with Crippen molar-refractivity contribution in [2.24, 2.45) is 17.6 Å². The van der Waals surface area contributed by atoms with E-state index in [1.807, 2.05) is 16.8 Å². The van der Waals surface area contributed by atoms with Crippen molar-refractivity contribution in [2.75, 3.05) is 46.8 Å². The number of hydrogen-bond donors (Lipinski definition) is 1. The zero-order valence-electron chi connectivity index (χ0n) is 12.5. The van der Waals surface area contributed by atoms with Crippen LogP contribution in [0.2, 0.25) is 0 Å². The predicted octanol–water partition coefficient (Wildman–Crippen LogP) is 0.659. The van der Waals surface area contributed by atoms with Gasteiger partial charge in [-0.2, -0.15) is 0 Å². The van der Waals surface area contributed by atoms with Crippen LogP contribution in [0.25, 0.3) is 0 Å². The maximum Gasteiger partial charge on any atom is 0.320 e. The highest BCUT2D eigenvalue weighted by molar-refractivity contribution is 5.77. The molecule has 2 unspecified atom stereocenters. The quantitative estimate of drug-likeness (QED) is 0.815. The number of carbonyl (C=O) groups excluding carboxylic acids is 1. The van der Waals surface area contributed by atoms with Crippen LogP contribution >= 0.6 is 0 Å². The van der Waals surface area contributed by atoms with Crippen molar-refractivity contribution in [1.29, 1.82) is 0 Å². The first-order chi connectivity index (χ1) is 9.02. The van der Waals surface area contributed by atoms with Crippen LogP contribution in [0.1, 0.15) is 19.8 Å². The van der Waals surface area contributed by atoms with Crippen molar-refractivity contribution in [1.82, 2.24) is 14.7 Å². The molecular formula is C14H28N4O. The van der Waals surface area contributed by atoms with Gasteiger partial charge in [0.1, 0.15) is 0 Å². The molecule has 0 aromatic heterocycles. The second-order valence-electron chi connectivity index (χ2n) is 6.35. The molecule has 0 spiro atoms. The molecule has 5 heteroatoms. The Hall–Kier alpha value is -0.810. The second-order valence-corrected chi connectivity index (χ2v) is 6.35. The topological polar surface area (TPSA) is 52.8 Å². The molecule has 0 saturated carbocycles. The molecular weight excluding hydrogens is 240 g/mol. The Morgan fingerprint density at radius 1 is 1.32 bits per heavy atom. The zero-order valence-corrected chi connectivity index (χ0v) is 12.5. The minimum Gasteiger partial charge on any atom is -0.330 e. The van der Waals surface area contributed by atoms with Crippen molar-refractivity contribution < 1.29 is 4.79 Å². The van der Waals surface area contributed by atoms with E-state index < -0.39 is 0 Å². The molecule has 0 radical (unpaired) electrons. The van der Waals surface area contributed by atoms with E-state index in [4.69, 9.17) is 5.73 Å². The van der Waals surface area contributed by atoms with Gasteiger partial charge in [0.25, 0.3) is 0 Å². The van der Waals surface area contributed by atoms with Crippen LogP contribution in [-0.2, 0) is 0 Å². The van der Waals surface area contributed by atoms with Crippen LogP contribution in [0.5, 0.6) is 0 Å². The molecule has 0 aromatic carbocycles. The number of amides is 2. The Balaban J connectivity index is 1.94. The first kappa shape index (κ1) is 14.6. The molecule has 2 aliphatic heterocycles. The van der Waals surface area contributed by atoms with Crippen LogP contribution in [0.15, 0.2) is 0 Å². The molecule has 2 atom stereocenters. The van der Waals surface area contributed by atoms with E-state index in [1.165, 1.54) is 12.8 Å². The Kier molecular flexibility index (Phi) is 4.68. The average molecular weight is 268 g/mol. The standard InChI is InChI=1S/C14H28N4O/c1-11(8-15)9-18-10-13(17(3)14(18)19)12-4-6-16(2)7-5-12/h11-13H,4-10,15H2,1-3H3. The summed E-state index contributed by atoms with van der Waals surface area (Å²) >= 11 is 0. The van der Waals surface area contributed by atoms with E-state index in [-0.39, 0.29) is 6.03 Å². The molecule has 0 bridgehead atoms. The summed E-state index contributed by atoms with van der Waals surface area (Å²) in [5.41, 5.74) is 5.67. The molecule has 2 N–H and O–H groups in total. The van der Waals surface area contributed by atoms with Gasteiger partial charge < -0.3 is 20.4 Å². The number of nitrogens with zero attached hydrogens (tertiary/aromatic N) is 3. The Bertz CT molecular complexity index is 315. The first-order valence-electron chi connectivity index (χ1n) is 7.43. The summed E-state index contributed by atoms with van der Waals surface area (Å²) < 4.78 is 0. The lowest BCUT2D eigenvalue weighted by atomic mass is 9.89. The number of piperidine rings is 1. The maximum atomic E-state index is 12.3. The van der Waals surface area contributed by atoms with E-state index in [2.05, 4.69) is 18.9 Å². The van der Waals surface area contributed by atoms with Crippen LogP contribution in [0.3, 0.4) is 0 Å². The summed E-state index contributed by atoms with van der Waals surface area (Å²) in [5.74, 6) is 1.04. The van der Waals surface area contributed by atoms with Crippen LogP contribution in [0, 0.1) is 11.8 Å². The lowest BCUT2D eigenvalue weighted by Crippen LogP contribution is -2.42. The lowest BCUT2D eigenvalue weighted by Gasteiger charge is -2.34. The van der Waals surface area contributed by atoms with Gasteiger partial charge in [-0.3, -0.25) is 0 Å². The van der Waals surface area contributed by atoms with Crippen LogP contribution < -0.4 is 5.73 Å². The summed E-state index contributed by atoms with van der Waals surface area (Å²) in [5, 5.41) is 0. The molecule has 110 valence electrons. The number of nitrogens with two attached hydrogens (primary N) is 1. The van der Waals surface area contributed by atoms with Gasteiger partial charge in [-0.25, -0.2) is 4.79 Å². The van der Waals surface area contributed by atoms with E-state index in [0.717, 1.165) is 26.2 Å². The maximum absolute atomic E-state index is 12.3. The van der Waals surface area contributed by atoms with Gasteiger partial charge in [-0.05, 0) is 51.4 Å². The molecule has 2 amide bonds. The van der Waals surface area contributed by atoms with Gasteiger partial charge in [0.15, 0.2) is 0 Å². The highest BCUT2D eigenvalue weighted by atomic mass is 16.2. The third kappa shape index (κ3) is 3.20. The van der Waals surface area contributed by atoms with Crippen molar-refractivity contribution >= 4 is 6.03 Å². The van der Waals surface area contributed by atoms with Gasteiger partial charge in [-0.1, -0.05) is 6.92 Å². The second kappa shape index (κ2) is 6.09. The van der Waals surface area contributed by atoms with Crippen LogP contribution in [0.4, 0.5) is 4.79 Å². The molecule has 5 nitrogen and oxygen atoms in total. The molecule has 2 heterocycles. The number of likely N-dealkylation sites (tertiary alicyclic amines) is 1. The average Bonchev–Trinajstić information content (AvgIpc) is 2.68. The predicted molar refractivity (Wildman–Crippen MR) is 77.0 cm³/mol. The van der Waals surface area contributed by atoms with Crippen molar-refractivity contribution in [2.45, 2.75) is 25.8 Å². The molecule has 2 aliphatic rings. The van der Waals surface area contributed by atoms with E-state index in [1.54, 1.807) is 0 Å². The third-order valence-corrected chi connectivity index (χ3v) is 4.72. The van der Waals surface area contributed by atoms with Gasteiger partial charge in [-0.15, -0.1) is 0 Å². The molecule has 19 heavy (non-hydrogen) atoms. The Labute approximate surface area is 116 Å². The Morgan fingerprint density at radius 3 is 2.53 bits per heavy atom. The fourth-order valence-corrected chi connectivity index (χ4v) is 3.27. The smallest absolute Gasteiger partial charge is 0.320 e. The number of hydrogen-bond acceptors (Lipinski definition) is 3. The zero-order chi connectivity index (χ0) is 14.0. The summed E-state index contributed by atoms with van der Waals surface area (Å²) in [7, 11) is 4.13. The molecule has 2 fully saturated rings. The largest absolute Gasteiger partial charge is 0.330 e. The van der Waals surface area contributed by atoms with Crippen molar-refractivity contribution in [3.05, 3.63) is 0 Å². The Morgan fingerprint density at radius 2 is 1.95 bits per heavy atom. The SMILES string of the molecule is CC(CN)CN1CC(C2CCN(C)CC2)N(C)C1=O. The summed E-state index contributed by atoms with van der Waals surface area (Å²) in [6.45, 7) is 6.74. The van der Waals surface area contributed by atoms with Crippen LogP contribution in [-0.4, -0.2) is 73.6 Å². The molecule has 2 rings (SSSR count). The summed E-state index contributed by atoms with van der Waals surface area (Å²) in [6, 6.07) is 0.579. The van der Waals surface area contributed by atoms with Gasteiger partial charge in [0.2, 0.25) is 0 Å². The number of likely N-dealkylation sites (N-methyl/N-ethyl adjacent to an activating group) is 1. The third-order valence-electron chi connectivity index (χ3n) is 4.72. The van der Waals surface area contributed by atoms with E-state index in [0.29, 0.717) is 24.4 Å². The van der Waals surface area contributed by atoms with E-state index >= 15 is 0 Å². The van der Waals surface area contributed by atoms with Gasteiger partial charge in [0, 0.05) is 20.1 Å². The monoisotopic (exact) mass is 268 g/mol. The van der Waals surface area contributed by atoms with E-state index in [9.17, 15) is 4.79 Å². The molecule has 2 saturated heterocycles. The number of urea groups is 1. The van der Waals surface area contributed by atoms with Gasteiger partial charge in [0.05, 0.1) is 6.04 Å². The highest BCUT2D eigenvalue weighted by Crippen LogP contribution is 2.28. The van der Waals surface area contributed by atoms with Crippen molar-refractivity contribution in [3.63, 3.8) is 0 Å². The molecule has 0 aliphatic carbocycles. The van der Waals surface area contributed by atoms with Gasteiger partial charge >= 0.3 is 6.03 Å². The number of carbonyl (C=O) groups is 1. The number of rotatable bonds is 4. The summed E-state index contributed by atoms with van der Waals surface area (Å²) in [4.78, 5) is 18.6. The minimum absolute atomic E-state index is 0.184. The normalized spacial score (nSPS) is 28.2. The summed E-state index contributed by atoms with van der Waals surface area (Å²) in [6.07, 6.45) is 2.41. The minimum atomic E-state index is 0.184. The first-order valence-corrected chi connectivity index (χ1v) is 7.43. The fraction of sp³-hybridized carbons (Fsp3) is 0.929. The van der Waals surface area contributed by atoms with Crippen molar-refractivity contribution in [3.8, 4) is 0 Å². The highest BCUT2D eigenvalue weighted by Gasteiger charge is 2.39. The lowest BCUT2D eigenvalue weighted by molar-refractivity contribution is 0.150. The fourth-order valence-electron chi connectivity index (χ4n) is 3.27.